The summed E-state index contributed by atoms with van der Waals surface area (Å²) in [4.78, 5) is 12.6. The summed E-state index contributed by atoms with van der Waals surface area (Å²) in [5.74, 6) is 0.841. The van der Waals surface area contributed by atoms with E-state index in [1.807, 2.05) is 26.0 Å². The second-order valence-corrected chi connectivity index (χ2v) is 9.64. The summed E-state index contributed by atoms with van der Waals surface area (Å²) >= 11 is 6.17. The lowest BCUT2D eigenvalue weighted by atomic mass is 10.1. The van der Waals surface area contributed by atoms with Crippen LogP contribution in [-0.4, -0.2) is 45.4 Å². The number of nitrogens with one attached hydrogen (secondary N) is 1. The molecule has 0 aliphatic heterocycles. The van der Waals surface area contributed by atoms with Gasteiger partial charge in [-0.3, -0.25) is 4.79 Å². The Morgan fingerprint density at radius 1 is 1.09 bits per heavy atom. The fraction of sp³-hybridized carbons (Fsp3) is 0.435. The van der Waals surface area contributed by atoms with Crippen LogP contribution in [0.1, 0.15) is 37.8 Å². The SMILES string of the molecule is CCN(CC)S(=O)(=O)c1ccc(OC)c(NC(=O)CCCOc2cc(C)c(Cl)c(C)c2)c1. The van der Waals surface area contributed by atoms with Crippen molar-refractivity contribution >= 4 is 33.2 Å². The van der Waals surface area contributed by atoms with Gasteiger partial charge in [-0.05, 0) is 61.7 Å². The lowest BCUT2D eigenvalue weighted by Crippen LogP contribution is -2.30. The molecule has 2 aromatic carbocycles. The zero-order valence-electron chi connectivity index (χ0n) is 19.2. The van der Waals surface area contributed by atoms with E-state index in [0.717, 1.165) is 16.1 Å². The molecule has 0 spiro atoms. The first-order valence-corrected chi connectivity index (χ1v) is 12.3. The van der Waals surface area contributed by atoms with Crippen molar-refractivity contribution < 1.29 is 22.7 Å². The number of benzene rings is 2. The predicted molar refractivity (Wildman–Crippen MR) is 127 cm³/mol. The van der Waals surface area contributed by atoms with Crippen LogP contribution < -0.4 is 14.8 Å². The van der Waals surface area contributed by atoms with E-state index >= 15 is 0 Å². The fourth-order valence-electron chi connectivity index (χ4n) is 3.28. The Balaban J connectivity index is 2.01. The van der Waals surface area contributed by atoms with Crippen molar-refractivity contribution in [3.05, 3.63) is 46.5 Å². The molecule has 0 unspecified atom stereocenters. The van der Waals surface area contributed by atoms with E-state index in [4.69, 9.17) is 21.1 Å². The number of carbonyl (C=O) groups is 1. The third kappa shape index (κ3) is 6.37. The number of hydrogen-bond donors (Lipinski definition) is 1. The molecule has 0 bridgehead atoms. The normalized spacial score (nSPS) is 11.5. The number of methoxy groups -OCH3 is 1. The van der Waals surface area contributed by atoms with Crippen molar-refractivity contribution in [2.45, 2.75) is 45.4 Å². The molecule has 0 saturated heterocycles. The van der Waals surface area contributed by atoms with E-state index in [0.29, 0.717) is 43.3 Å². The molecular weight excluding hydrogens is 452 g/mol. The van der Waals surface area contributed by atoms with Crippen molar-refractivity contribution in [2.75, 3.05) is 32.1 Å². The molecule has 7 nitrogen and oxygen atoms in total. The molecule has 0 heterocycles. The predicted octanol–water partition coefficient (Wildman–Crippen LogP) is 4.79. The van der Waals surface area contributed by atoms with Crippen LogP contribution in [0.4, 0.5) is 5.69 Å². The lowest BCUT2D eigenvalue weighted by molar-refractivity contribution is -0.116. The van der Waals surface area contributed by atoms with Gasteiger partial charge in [0.05, 0.1) is 24.3 Å². The van der Waals surface area contributed by atoms with Gasteiger partial charge in [0, 0.05) is 24.5 Å². The fourth-order valence-corrected chi connectivity index (χ4v) is 4.88. The quantitative estimate of drug-likeness (QED) is 0.465. The van der Waals surface area contributed by atoms with E-state index in [2.05, 4.69) is 5.32 Å². The third-order valence-electron chi connectivity index (χ3n) is 5.02. The van der Waals surface area contributed by atoms with Gasteiger partial charge in [0.25, 0.3) is 0 Å². The molecule has 1 amide bonds. The van der Waals surface area contributed by atoms with Crippen molar-refractivity contribution in [1.82, 2.24) is 4.31 Å². The minimum absolute atomic E-state index is 0.106. The molecule has 32 heavy (non-hydrogen) atoms. The maximum Gasteiger partial charge on any atom is 0.243 e. The van der Waals surface area contributed by atoms with E-state index in [-0.39, 0.29) is 17.2 Å². The molecular formula is C23H31ClN2O5S. The van der Waals surface area contributed by atoms with Gasteiger partial charge < -0.3 is 14.8 Å². The number of rotatable bonds is 11. The largest absolute Gasteiger partial charge is 0.495 e. The lowest BCUT2D eigenvalue weighted by Gasteiger charge is -2.19. The summed E-state index contributed by atoms with van der Waals surface area (Å²) < 4.78 is 38.0. The minimum Gasteiger partial charge on any atom is -0.495 e. The molecule has 2 aromatic rings. The standard InChI is InChI=1S/C23H31ClN2O5S/c1-6-26(7-2)32(28,29)19-10-11-21(30-5)20(15-19)25-22(27)9-8-12-31-18-13-16(3)23(24)17(4)14-18/h10-11,13-15H,6-9,12H2,1-5H3,(H,25,27). The first kappa shape index (κ1) is 26.0. The Hall–Kier alpha value is -2.29. The average molecular weight is 483 g/mol. The van der Waals surface area contributed by atoms with Gasteiger partial charge in [0.15, 0.2) is 0 Å². The molecule has 0 aromatic heterocycles. The van der Waals surface area contributed by atoms with Gasteiger partial charge in [-0.25, -0.2) is 8.42 Å². The third-order valence-corrected chi connectivity index (χ3v) is 7.66. The van der Waals surface area contributed by atoms with Crippen LogP contribution in [0.5, 0.6) is 11.5 Å². The molecule has 0 atom stereocenters. The Labute approximate surface area is 195 Å². The molecule has 0 aliphatic rings. The van der Waals surface area contributed by atoms with Crippen molar-refractivity contribution in [3.8, 4) is 11.5 Å². The molecule has 0 saturated carbocycles. The summed E-state index contributed by atoms with van der Waals surface area (Å²) in [6, 6.07) is 8.18. The Kier molecular flexibility index (Phi) is 9.36. The van der Waals surface area contributed by atoms with Gasteiger partial charge >= 0.3 is 0 Å². The molecule has 0 fully saturated rings. The van der Waals surface area contributed by atoms with Gasteiger partial charge in [-0.2, -0.15) is 4.31 Å². The smallest absolute Gasteiger partial charge is 0.243 e. The molecule has 1 N–H and O–H groups in total. The van der Waals surface area contributed by atoms with Crippen LogP contribution >= 0.6 is 11.6 Å². The van der Waals surface area contributed by atoms with Gasteiger partial charge in [0.2, 0.25) is 15.9 Å². The van der Waals surface area contributed by atoms with Crippen LogP contribution in [0.25, 0.3) is 0 Å². The maximum atomic E-state index is 12.8. The highest BCUT2D eigenvalue weighted by Gasteiger charge is 2.23. The van der Waals surface area contributed by atoms with E-state index < -0.39 is 10.0 Å². The van der Waals surface area contributed by atoms with Gasteiger partial charge in [-0.15, -0.1) is 0 Å². The zero-order chi connectivity index (χ0) is 23.9. The Morgan fingerprint density at radius 3 is 2.28 bits per heavy atom. The van der Waals surface area contributed by atoms with Crippen LogP contribution in [0, 0.1) is 13.8 Å². The number of carbonyl (C=O) groups excluding carboxylic acids is 1. The van der Waals surface area contributed by atoms with Gasteiger partial charge in [0.1, 0.15) is 11.5 Å². The number of aryl methyl sites for hydroxylation is 2. The number of amides is 1. The van der Waals surface area contributed by atoms with Crippen LogP contribution in [0.15, 0.2) is 35.2 Å². The highest BCUT2D eigenvalue weighted by molar-refractivity contribution is 7.89. The second kappa shape index (κ2) is 11.5. The maximum absolute atomic E-state index is 12.8. The number of ether oxygens (including phenoxy) is 2. The zero-order valence-corrected chi connectivity index (χ0v) is 20.8. The molecule has 0 radical (unpaired) electrons. The number of halogens is 1. The van der Waals surface area contributed by atoms with Crippen molar-refractivity contribution in [1.29, 1.82) is 0 Å². The van der Waals surface area contributed by atoms with E-state index in [9.17, 15) is 13.2 Å². The van der Waals surface area contributed by atoms with Crippen LogP contribution in [0.3, 0.4) is 0 Å². The first-order valence-electron chi connectivity index (χ1n) is 10.5. The highest BCUT2D eigenvalue weighted by Crippen LogP contribution is 2.29. The summed E-state index contributed by atoms with van der Waals surface area (Å²) in [6.07, 6.45) is 0.702. The van der Waals surface area contributed by atoms with Crippen LogP contribution in [-0.2, 0) is 14.8 Å². The summed E-state index contributed by atoms with van der Waals surface area (Å²) in [5, 5.41) is 3.47. The molecule has 176 valence electrons. The van der Waals surface area contributed by atoms with E-state index in [1.165, 1.54) is 23.5 Å². The Bertz CT molecular complexity index is 1030. The monoisotopic (exact) mass is 482 g/mol. The molecule has 2 rings (SSSR count). The molecule has 0 aliphatic carbocycles. The van der Waals surface area contributed by atoms with Crippen molar-refractivity contribution in [2.24, 2.45) is 0 Å². The Morgan fingerprint density at radius 2 is 1.72 bits per heavy atom. The first-order chi connectivity index (χ1) is 15.1. The minimum atomic E-state index is -3.65. The number of nitrogens with zero attached hydrogens (tertiary/aromatic N) is 1. The number of anilines is 1. The van der Waals surface area contributed by atoms with Crippen molar-refractivity contribution in [3.63, 3.8) is 0 Å². The van der Waals surface area contributed by atoms with E-state index in [1.54, 1.807) is 19.9 Å². The average Bonchev–Trinajstić information content (AvgIpc) is 2.75. The number of hydrogen-bond acceptors (Lipinski definition) is 5. The highest BCUT2D eigenvalue weighted by atomic mass is 35.5. The number of sulfonamides is 1. The second-order valence-electron chi connectivity index (χ2n) is 7.32. The summed E-state index contributed by atoms with van der Waals surface area (Å²) in [5.41, 5.74) is 2.19. The van der Waals surface area contributed by atoms with Gasteiger partial charge in [-0.1, -0.05) is 25.4 Å². The molecule has 9 heteroatoms. The summed E-state index contributed by atoms with van der Waals surface area (Å²) in [6.45, 7) is 8.47. The topological polar surface area (TPSA) is 84.9 Å². The van der Waals surface area contributed by atoms with Crippen LogP contribution in [0.2, 0.25) is 5.02 Å². The summed E-state index contributed by atoms with van der Waals surface area (Å²) in [7, 11) is -2.18.